The Morgan fingerprint density at radius 2 is 1.44 bits per heavy atom. The molecule has 0 saturated carbocycles. The van der Waals surface area contributed by atoms with E-state index in [9.17, 15) is 0 Å². The molecule has 12 rings (SSSR count). The molecule has 4 aliphatic carbocycles. The predicted octanol–water partition coefficient (Wildman–Crippen LogP) is 12.1. The fraction of sp³-hybridized carbons (Fsp3) is 0.0909. The second-order valence-electron chi connectivity index (χ2n) is 16.1. The highest BCUT2D eigenvalue weighted by atomic mass is 14.8. The summed E-state index contributed by atoms with van der Waals surface area (Å²) in [5.41, 5.74) is 34.7. The molecule has 3 N–H and O–H groups in total. The molecule has 280 valence electrons. The molecule has 0 bridgehead atoms. The maximum absolute atomic E-state index is 6.39. The van der Waals surface area contributed by atoms with Crippen LogP contribution >= 0.6 is 0 Å². The van der Waals surface area contributed by atoms with Crippen molar-refractivity contribution in [1.82, 2.24) is 15.3 Å². The van der Waals surface area contributed by atoms with Gasteiger partial charge in [-0.05, 0) is 177 Å². The number of pyridine rings is 2. The first-order valence-corrected chi connectivity index (χ1v) is 20.7. The average Bonchev–Trinajstić information content (AvgIpc) is 3.74. The quantitative estimate of drug-likeness (QED) is 0.166. The van der Waals surface area contributed by atoms with Crippen molar-refractivity contribution in [1.29, 1.82) is 0 Å². The molecule has 4 nitrogen and oxygen atoms in total. The van der Waals surface area contributed by atoms with Crippen molar-refractivity contribution in [3.8, 4) is 55.6 Å². The molecular formula is C55H40N4. The first kappa shape index (κ1) is 33.9. The smallest absolute Gasteiger partial charge is 0.0401 e. The Kier molecular flexibility index (Phi) is 7.60. The van der Waals surface area contributed by atoms with Gasteiger partial charge in [0.05, 0.1) is 0 Å². The molecule has 7 aromatic rings. The minimum atomic E-state index is 0.449. The van der Waals surface area contributed by atoms with Crippen molar-refractivity contribution >= 4 is 39.1 Å². The number of nitrogens with two attached hydrogens (primary N) is 1. The van der Waals surface area contributed by atoms with Gasteiger partial charge in [0.15, 0.2) is 0 Å². The summed E-state index contributed by atoms with van der Waals surface area (Å²) in [4.78, 5) is 9.24. The van der Waals surface area contributed by atoms with E-state index in [0.717, 1.165) is 36.9 Å². The highest BCUT2D eigenvalue weighted by molar-refractivity contribution is 6.24. The molecule has 0 saturated heterocycles. The van der Waals surface area contributed by atoms with Gasteiger partial charge in [0.25, 0.3) is 0 Å². The van der Waals surface area contributed by atoms with Crippen molar-refractivity contribution in [3.05, 3.63) is 197 Å². The molecule has 0 radical (unpaired) electrons. The lowest BCUT2D eigenvalue weighted by atomic mass is 9.75. The third-order valence-corrected chi connectivity index (χ3v) is 13.2. The van der Waals surface area contributed by atoms with Crippen molar-refractivity contribution in [2.24, 2.45) is 5.73 Å². The number of hydrogen-bond acceptors (Lipinski definition) is 4. The Bertz CT molecular complexity index is 3160. The summed E-state index contributed by atoms with van der Waals surface area (Å²) in [7, 11) is 0. The number of hydrogen-bond donors (Lipinski definition) is 2. The van der Waals surface area contributed by atoms with Gasteiger partial charge in [-0.3, -0.25) is 9.97 Å². The summed E-state index contributed by atoms with van der Waals surface area (Å²) in [5.74, 6) is 0. The summed E-state index contributed by atoms with van der Waals surface area (Å²) in [6.45, 7) is 5.23. The number of dihydropyridines is 1. The number of nitrogens with one attached hydrogen (secondary N) is 1. The van der Waals surface area contributed by atoms with E-state index in [4.69, 9.17) is 10.7 Å². The zero-order valence-corrected chi connectivity index (χ0v) is 32.6. The number of fused-ring (bicyclic) bond motifs is 10. The Morgan fingerprint density at radius 1 is 0.695 bits per heavy atom. The SMILES string of the molecule is C=C/C=C(\CN)c1cccc2c1C1=CCc3c(cc4c5c(cccc35)-c3c(C5=CC=CNC5)c5c(c(-c6cccnc6)c3-4)CCC(c3cccnc3)=C5)-c3cccc-2c31. The molecule has 0 amide bonds. The van der Waals surface area contributed by atoms with Gasteiger partial charge in [-0.25, -0.2) is 0 Å². The molecule has 59 heavy (non-hydrogen) atoms. The van der Waals surface area contributed by atoms with E-state index in [-0.39, 0.29) is 0 Å². The number of rotatable bonds is 6. The first-order chi connectivity index (χ1) is 29.2. The molecule has 0 unspecified atom stereocenters. The minimum Gasteiger partial charge on any atom is -0.387 e. The van der Waals surface area contributed by atoms with Crippen LogP contribution in [0.15, 0.2) is 153 Å². The second kappa shape index (κ2) is 13.2. The number of aromatic nitrogens is 2. The highest BCUT2D eigenvalue weighted by Gasteiger charge is 2.37. The van der Waals surface area contributed by atoms with Gasteiger partial charge >= 0.3 is 0 Å². The zero-order chi connectivity index (χ0) is 39.2. The van der Waals surface area contributed by atoms with E-state index >= 15 is 0 Å². The van der Waals surface area contributed by atoms with E-state index < -0.39 is 0 Å². The van der Waals surface area contributed by atoms with E-state index in [2.05, 4.69) is 139 Å². The zero-order valence-electron chi connectivity index (χ0n) is 32.6. The van der Waals surface area contributed by atoms with Crippen LogP contribution in [-0.4, -0.2) is 23.1 Å². The van der Waals surface area contributed by atoms with Crippen LogP contribution in [0, 0.1) is 0 Å². The van der Waals surface area contributed by atoms with Crippen molar-refractivity contribution in [2.75, 3.05) is 13.1 Å². The number of allylic oxidation sites excluding steroid dienone is 6. The summed E-state index contributed by atoms with van der Waals surface area (Å²) < 4.78 is 0. The van der Waals surface area contributed by atoms with Crippen LogP contribution in [0.4, 0.5) is 0 Å². The van der Waals surface area contributed by atoms with Crippen LogP contribution in [0.5, 0.6) is 0 Å². The van der Waals surface area contributed by atoms with Crippen LogP contribution in [-0.2, 0) is 12.8 Å². The van der Waals surface area contributed by atoms with Gasteiger partial charge < -0.3 is 11.1 Å². The van der Waals surface area contributed by atoms with Crippen LogP contribution in [0.2, 0.25) is 0 Å². The summed E-state index contributed by atoms with van der Waals surface area (Å²) in [5, 5.41) is 6.23. The summed E-state index contributed by atoms with van der Waals surface area (Å²) >= 11 is 0. The molecule has 4 heteroatoms. The Labute approximate surface area is 344 Å². The van der Waals surface area contributed by atoms with Gasteiger partial charge in [-0.1, -0.05) is 104 Å². The fourth-order valence-electron chi connectivity index (χ4n) is 10.8. The molecular weight excluding hydrogens is 717 g/mol. The summed E-state index contributed by atoms with van der Waals surface area (Å²) in [6, 6.07) is 31.7. The van der Waals surface area contributed by atoms with Gasteiger partial charge in [0.2, 0.25) is 0 Å². The lowest BCUT2D eigenvalue weighted by Gasteiger charge is -2.29. The Morgan fingerprint density at radius 3 is 2.20 bits per heavy atom. The maximum atomic E-state index is 6.39. The van der Waals surface area contributed by atoms with Crippen LogP contribution in [0.1, 0.15) is 50.9 Å². The average molecular weight is 757 g/mol. The third-order valence-electron chi connectivity index (χ3n) is 13.2. The van der Waals surface area contributed by atoms with E-state index in [1.54, 1.807) is 0 Å². The highest BCUT2D eigenvalue weighted by Crippen LogP contribution is 2.60. The molecule has 3 heterocycles. The van der Waals surface area contributed by atoms with Gasteiger partial charge in [-0.2, -0.15) is 0 Å². The minimum absolute atomic E-state index is 0.449. The van der Waals surface area contributed by atoms with Crippen LogP contribution < -0.4 is 11.1 Å². The normalized spacial score (nSPS) is 15.2. The van der Waals surface area contributed by atoms with Crippen molar-refractivity contribution in [2.45, 2.75) is 19.3 Å². The lowest BCUT2D eigenvalue weighted by Crippen LogP contribution is -2.15. The molecule has 0 atom stereocenters. The molecule has 2 aromatic heterocycles. The molecule has 5 aromatic carbocycles. The molecule has 0 spiro atoms. The topological polar surface area (TPSA) is 63.8 Å². The van der Waals surface area contributed by atoms with Crippen molar-refractivity contribution < 1.29 is 0 Å². The first-order valence-electron chi connectivity index (χ1n) is 20.7. The third kappa shape index (κ3) is 4.87. The van der Waals surface area contributed by atoms with Gasteiger partial charge in [0, 0.05) is 43.4 Å². The standard InChI is InChI=1S/C55H40N4/c1-2-9-33(28-56)37-13-3-15-40-41-16-4-17-42-46-27-48-53-39(38(46)21-22-45(51(37)40)52(41)42)14-5-18-44(53)54-50(36-12-8-25-59-31-36)47-26-32(34-10-6-23-57-29-34)19-20-43(47)49(55(48)54)35-11-7-24-58-30-35/h2-18,22-27,29-30,59H,1,19-21,28,31,56H2/b33-9+. The molecule has 0 fully saturated rings. The molecule has 1 aliphatic heterocycles. The van der Waals surface area contributed by atoms with E-state index in [0.29, 0.717) is 6.54 Å². The predicted molar refractivity (Wildman–Crippen MR) is 246 cm³/mol. The lowest BCUT2D eigenvalue weighted by molar-refractivity contribution is 0.977. The van der Waals surface area contributed by atoms with E-state index in [1.807, 2.05) is 30.7 Å². The monoisotopic (exact) mass is 756 g/mol. The van der Waals surface area contributed by atoms with Gasteiger partial charge in [0.1, 0.15) is 0 Å². The number of benzene rings is 5. The largest absolute Gasteiger partial charge is 0.387 e. The van der Waals surface area contributed by atoms with E-state index in [1.165, 1.54) is 122 Å². The Balaban J connectivity index is 1.18. The van der Waals surface area contributed by atoms with Crippen LogP contribution in [0.25, 0.3) is 94.8 Å². The van der Waals surface area contributed by atoms with Crippen molar-refractivity contribution in [3.63, 3.8) is 0 Å². The summed E-state index contributed by atoms with van der Waals surface area (Å²) in [6.07, 6.45) is 25.9. The van der Waals surface area contributed by atoms with Crippen LogP contribution in [0.3, 0.4) is 0 Å². The Hall–Kier alpha value is -7.14. The molecule has 5 aliphatic rings. The second-order valence-corrected chi connectivity index (χ2v) is 16.1. The fourth-order valence-corrected chi connectivity index (χ4v) is 10.8. The van der Waals surface area contributed by atoms with Gasteiger partial charge in [-0.15, -0.1) is 0 Å². The maximum Gasteiger partial charge on any atom is 0.0401 e. The number of nitrogens with zero attached hydrogens (tertiary/aromatic N) is 2.